The summed E-state index contributed by atoms with van der Waals surface area (Å²) >= 11 is 0. The Morgan fingerprint density at radius 2 is 1.61 bits per heavy atom. The monoisotopic (exact) mass is 297 g/mol. The Morgan fingerprint density at radius 3 is 2.52 bits per heavy atom. The van der Waals surface area contributed by atoms with Gasteiger partial charge in [-0.1, -0.05) is 54.6 Å². The molecule has 23 heavy (non-hydrogen) atoms. The van der Waals surface area contributed by atoms with E-state index in [-0.39, 0.29) is 5.78 Å². The van der Waals surface area contributed by atoms with Gasteiger partial charge in [0.1, 0.15) is 0 Å². The standard InChI is InChI=1S/C21H15NO/c23-21-11-5-10-19(22-20-9-4-3-8-18(20)21)17-13-12-15-6-1-2-7-16(15)14-17/h1-10,12-14H,11H2/b10-5-,22-19?. The van der Waals surface area contributed by atoms with Gasteiger partial charge in [-0.2, -0.15) is 0 Å². The molecule has 0 saturated heterocycles. The zero-order chi connectivity index (χ0) is 15.6. The number of allylic oxidation sites excluding steroid dienone is 2. The lowest BCUT2D eigenvalue weighted by Gasteiger charge is -2.10. The number of rotatable bonds is 1. The van der Waals surface area contributed by atoms with Crippen molar-refractivity contribution in [3.63, 3.8) is 0 Å². The topological polar surface area (TPSA) is 29.4 Å². The van der Waals surface area contributed by atoms with Gasteiger partial charge in [0.05, 0.1) is 11.4 Å². The smallest absolute Gasteiger partial charge is 0.168 e. The lowest BCUT2D eigenvalue weighted by atomic mass is 10.0. The third-order valence-corrected chi connectivity index (χ3v) is 4.07. The second-order valence-corrected chi connectivity index (χ2v) is 5.61. The summed E-state index contributed by atoms with van der Waals surface area (Å²) in [6.07, 6.45) is 4.24. The Bertz CT molecular complexity index is 966. The Balaban J connectivity index is 1.88. The number of hydrogen-bond donors (Lipinski definition) is 0. The van der Waals surface area contributed by atoms with E-state index in [0.717, 1.165) is 17.0 Å². The molecule has 1 aliphatic heterocycles. The van der Waals surface area contributed by atoms with E-state index in [4.69, 9.17) is 4.99 Å². The molecule has 2 nitrogen and oxygen atoms in total. The van der Waals surface area contributed by atoms with Crippen molar-refractivity contribution in [3.05, 3.63) is 90.0 Å². The second-order valence-electron chi connectivity index (χ2n) is 5.61. The molecule has 0 aromatic heterocycles. The number of benzene rings is 3. The minimum absolute atomic E-state index is 0.109. The van der Waals surface area contributed by atoms with Gasteiger partial charge in [0.2, 0.25) is 0 Å². The number of fused-ring (bicyclic) bond motifs is 2. The van der Waals surface area contributed by atoms with Crippen molar-refractivity contribution < 1.29 is 4.79 Å². The summed E-state index contributed by atoms with van der Waals surface area (Å²) in [6.45, 7) is 0. The molecule has 0 N–H and O–H groups in total. The van der Waals surface area contributed by atoms with Gasteiger partial charge < -0.3 is 0 Å². The lowest BCUT2D eigenvalue weighted by molar-refractivity contribution is 0.0996. The van der Waals surface area contributed by atoms with Gasteiger partial charge in [0, 0.05) is 17.5 Å². The SMILES string of the molecule is O=C1C/C=C\C(c2ccc3ccccc3c2)=Nc2ccccc21. The minimum atomic E-state index is 0.109. The van der Waals surface area contributed by atoms with Gasteiger partial charge in [0.15, 0.2) is 5.78 Å². The molecule has 4 rings (SSSR count). The highest BCUT2D eigenvalue weighted by Gasteiger charge is 2.13. The molecule has 0 amide bonds. The third kappa shape index (κ3) is 2.59. The van der Waals surface area contributed by atoms with Crippen molar-refractivity contribution in [3.8, 4) is 0 Å². The van der Waals surface area contributed by atoms with Crippen LogP contribution >= 0.6 is 0 Å². The van der Waals surface area contributed by atoms with Crippen LogP contribution in [0.25, 0.3) is 10.8 Å². The molecule has 1 heterocycles. The van der Waals surface area contributed by atoms with Crippen LogP contribution in [0.1, 0.15) is 22.3 Å². The van der Waals surface area contributed by atoms with Crippen molar-refractivity contribution in [1.82, 2.24) is 0 Å². The summed E-state index contributed by atoms with van der Waals surface area (Å²) in [6, 6.07) is 22.1. The summed E-state index contributed by atoms with van der Waals surface area (Å²) in [7, 11) is 0. The molecule has 0 aliphatic carbocycles. The predicted octanol–water partition coefficient (Wildman–Crippen LogP) is 5.10. The van der Waals surface area contributed by atoms with Gasteiger partial charge >= 0.3 is 0 Å². The highest BCUT2D eigenvalue weighted by Crippen LogP contribution is 2.25. The molecule has 0 spiro atoms. The molecular weight excluding hydrogens is 282 g/mol. The fourth-order valence-corrected chi connectivity index (χ4v) is 2.87. The van der Waals surface area contributed by atoms with E-state index in [1.54, 1.807) is 0 Å². The average molecular weight is 297 g/mol. The number of hydrogen-bond acceptors (Lipinski definition) is 2. The molecule has 3 aromatic carbocycles. The van der Waals surface area contributed by atoms with E-state index in [1.807, 2.05) is 48.6 Å². The maximum atomic E-state index is 12.2. The van der Waals surface area contributed by atoms with Crippen LogP contribution < -0.4 is 0 Å². The van der Waals surface area contributed by atoms with Crippen molar-refractivity contribution in [1.29, 1.82) is 0 Å². The molecule has 2 heteroatoms. The summed E-state index contributed by atoms with van der Waals surface area (Å²) < 4.78 is 0. The molecule has 0 unspecified atom stereocenters. The van der Waals surface area contributed by atoms with Crippen molar-refractivity contribution >= 4 is 28.0 Å². The first-order valence-corrected chi connectivity index (χ1v) is 7.68. The molecule has 1 aliphatic rings. The molecule has 0 radical (unpaired) electrons. The highest BCUT2D eigenvalue weighted by atomic mass is 16.1. The number of ketones is 1. The highest BCUT2D eigenvalue weighted by molar-refractivity contribution is 6.14. The van der Waals surface area contributed by atoms with Crippen LogP contribution in [0.15, 0.2) is 83.9 Å². The predicted molar refractivity (Wildman–Crippen MR) is 94.7 cm³/mol. The minimum Gasteiger partial charge on any atom is -0.294 e. The number of Topliss-reactive ketones (excluding diaryl/α,β-unsaturated/α-hetero) is 1. The van der Waals surface area contributed by atoms with Gasteiger partial charge in [0.25, 0.3) is 0 Å². The summed E-state index contributed by atoms with van der Waals surface area (Å²) in [5.74, 6) is 0.109. The number of aliphatic imine (C=N–C) groups is 1. The molecular formula is C21H15NO. The number of carbonyl (C=O) groups is 1. The van der Waals surface area contributed by atoms with Crippen LogP contribution in [0.2, 0.25) is 0 Å². The Labute approximate surface area is 134 Å². The van der Waals surface area contributed by atoms with Gasteiger partial charge in [-0.25, -0.2) is 4.99 Å². The van der Waals surface area contributed by atoms with Crippen LogP contribution in [0.5, 0.6) is 0 Å². The molecule has 0 fully saturated rings. The quantitative estimate of drug-likeness (QED) is 0.614. The van der Waals surface area contributed by atoms with E-state index < -0.39 is 0 Å². The van der Waals surface area contributed by atoms with Crippen LogP contribution in [0.3, 0.4) is 0 Å². The van der Waals surface area contributed by atoms with Crippen LogP contribution in [-0.4, -0.2) is 11.5 Å². The fraction of sp³-hybridized carbons (Fsp3) is 0.0476. The first kappa shape index (κ1) is 13.6. The first-order valence-electron chi connectivity index (χ1n) is 7.68. The largest absolute Gasteiger partial charge is 0.294 e. The second kappa shape index (κ2) is 5.65. The summed E-state index contributed by atoms with van der Waals surface area (Å²) in [4.78, 5) is 16.9. The van der Waals surface area contributed by atoms with Crippen molar-refractivity contribution in [2.45, 2.75) is 6.42 Å². The molecule has 110 valence electrons. The fourth-order valence-electron chi connectivity index (χ4n) is 2.87. The van der Waals surface area contributed by atoms with E-state index in [0.29, 0.717) is 12.0 Å². The molecule has 0 saturated carbocycles. The number of carbonyl (C=O) groups excluding carboxylic acids is 1. The van der Waals surface area contributed by atoms with E-state index in [2.05, 4.69) is 30.3 Å². The van der Waals surface area contributed by atoms with Gasteiger partial charge in [-0.3, -0.25) is 4.79 Å². The normalized spacial score (nSPS) is 15.5. The lowest BCUT2D eigenvalue weighted by Crippen LogP contribution is -2.04. The van der Waals surface area contributed by atoms with Crippen LogP contribution in [-0.2, 0) is 0 Å². The molecule has 0 atom stereocenters. The first-order chi connectivity index (χ1) is 11.3. The summed E-state index contributed by atoms with van der Waals surface area (Å²) in [5, 5.41) is 2.40. The van der Waals surface area contributed by atoms with Gasteiger partial charge in [-0.15, -0.1) is 0 Å². The van der Waals surface area contributed by atoms with Crippen molar-refractivity contribution in [2.24, 2.45) is 4.99 Å². The van der Waals surface area contributed by atoms with Crippen LogP contribution in [0, 0.1) is 0 Å². The Hall–Kier alpha value is -3.00. The number of para-hydroxylation sites is 1. The zero-order valence-corrected chi connectivity index (χ0v) is 12.6. The Morgan fingerprint density at radius 1 is 0.826 bits per heavy atom. The molecule has 0 bridgehead atoms. The maximum Gasteiger partial charge on any atom is 0.168 e. The van der Waals surface area contributed by atoms with Crippen LogP contribution in [0.4, 0.5) is 5.69 Å². The molecule has 3 aromatic rings. The summed E-state index contributed by atoms with van der Waals surface area (Å²) in [5.41, 5.74) is 3.37. The van der Waals surface area contributed by atoms with Crippen molar-refractivity contribution in [2.75, 3.05) is 0 Å². The maximum absolute atomic E-state index is 12.2. The number of nitrogens with zero attached hydrogens (tertiary/aromatic N) is 1. The Kier molecular flexibility index (Phi) is 3.35. The van der Waals surface area contributed by atoms with E-state index >= 15 is 0 Å². The van der Waals surface area contributed by atoms with E-state index in [9.17, 15) is 4.79 Å². The average Bonchev–Trinajstić information content (AvgIpc) is 2.59. The zero-order valence-electron chi connectivity index (χ0n) is 12.6. The van der Waals surface area contributed by atoms with E-state index in [1.165, 1.54) is 10.8 Å². The van der Waals surface area contributed by atoms with Gasteiger partial charge in [-0.05, 0) is 35.0 Å². The third-order valence-electron chi connectivity index (χ3n) is 4.07.